The molecule has 19 heavy (non-hydrogen) atoms. The van der Waals surface area contributed by atoms with Gasteiger partial charge in [0.05, 0.1) is 6.61 Å². The van der Waals surface area contributed by atoms with E-state index in [0.717, 1.165) is 38.3 Å². The number of nitrogens with two attached hydrogens (primary N) is 1. The fourth-order valence-corrected chi connectivity index (χ4v) is 2.88. The third-order valence-electron chi connectivity index (χ3n) is 4.00. The number of likely N-dealkylation sites (tertiary alicyclic amines) is 1. The van der Waals surface area contributed by atoms with Gasteiger partial charge in [-0.2, -0.15) is 0 Å². The van der Waals surface area contributed by atoms with Gasteiger partial charge in [-0.15, -0.1) is 0 Å². The first-order valence-electron chi connectivity index (χ1n) is 6.62. The number of hydrogen-bond donors (Lipinski definition) is 1. The topological polar surface area (TPSA) is 73.4 Å². The molecule has 1 aliphatic rings. The molecule has 6 heteroatoms. The van der Waals surface area contributed by atoms with Crippen LogP contribution >= 0.6 is 0 Å². The molecule has 2 heterocycles. The van der Waals surface area contributed by atoms with Crippen molar-refractivity contribution in [3.63, 3.8) is 0 Å². The van der Waals surface area contributed by atoms with Crippen molar-refractivity contribution < 1.29 is 9.53 Å². The van der Waals surface area contributed by atoms with Crippen LogP contribution in [0.15, 0.2) is 12.4 Å². The summed E-state index contributed by atoms with van der Waals surface area (Å²) in [7, 11) is 1.61. The van der Waals surface area contributed by atoms with E-state index in [-0.39, 0.29) is 5.91 Å². The summed E-state index contributed by atoms with van der Waals surface area (Å²) in [6.07, 6.45) is 5.50. The number of carbonyl (C=O) groups excluding carboxylic acids is 1. The van der Waals surface area contributed by atoms with Gasteiger partial charge in [-0.1, -0.05) is 0 Å². The number of carbonyl (C=O) groups is 1. The summed E-state index contributed by atoms with van der Waals surface area (Å²) in [4.78, 5) is 18.2. The summed E-state index contributed by atoms with van der Waals surface area (Å²) in [5.41, 5.74) is 4.97. The number of imidazole rings is 1. The summed E-state index contributed by atoms with van der Waals surface area (Å²) in [5.74, 6) is 0.699. The maximum atomic E-state index is 11.8. The molecule has 1 atom stereocenters. The van der Waals surface area contributed by atoms with Crippen LogP contribution in [-0.4, -0.2) is 52.7 Å². The van der Waals surface area contributed by atoms with Crippen LogP contribution in [0.25, 0.3) is 0 Å². The molecule has 0 bridgehead atoms. The minimum atomic E-state index is -0.636. The van der Waals surface area contributed by atoms with Gasteiger partial charge in [0.15, 0.2) is 0 Å². The van der Waals surface area contributed by atoms with Gasteiger partial charge in [0.1, 0.15) is 11.4 Å². The Morgan fingerprint density at radius 3 is 2.95 bits per heavy atom. The Balaban J connectivity index is 2.05. The highest BCUT2D eigenvalue weighted by molar-refractivity contribution is 5.85. The Morgan fingerprint density at radius 2 is 2.37 bits per heavy atom. The molecular weight excluding hydrogens is 244 g/mol. The van der Waals surface area contributed by atoms with Crippen molar-refractivity contribution in [3.05, 3.63) is 18.2 Å². The molecule has 6 nitrogen and oxygen atoms in total. The molecule has 2 N–H and O–H groups in total. The van der Waals surface area contributed by atoms with Crippen LogP contribution in [0.5, 0.6) is 0 Å². The van der Waals surface area contributed by atoms with Gasteiger partial charge < -0.3 is 15.0 Å². The molecule has 2 rings (SSSR count). The third-order valence-corrected chi connectivity index (χ3v) is 4.00. The quantitative estimate of drug-likeness (QED) is 0.796. The van der Waals surface area contributed by atoms with Gasteiger partial charge in [0.2, 0.25) is 5.91 Å². The first-order valence-corrected chi connectivity index (χ1v) is 6.62. The van der Waals surface area contributed by atoms with E-state index in [1.54, 1.807) is 13.3 Å². The normalized spacial score (nSPS) is 23.9. The molecule has 1 aromatic heterocycles. The van der Waals surface area contributed by atoms with E-state index >= 15 is 0 Å². The maximum Gasteiger partial charge on any atom is 0.240 e. The summed E-state index contributed by atoms with van der Waals surface area (Å²) < 4.78 is 7.30. The Kier molecular flexibility index (Phi) is 4.21. The summed E-state index contributed by atoms with van der Waals surface area (Å²) >= 11 is 0. The SMILES string of the molecule is COCC1(C(N)=O)CCCN1CCn1ccnc1C. The van der Waals surface area contributed by atoms with Gasteiger partial charge in [-0.05, 0) is 26.3 Å². The van der Waals surface area contributed by atoms with Crippen molar-refractivity contribution >= 4 is 5.91 Å². The van der Waals surface area contributed by atoms with Crippen molar-refractivity contribution in [1.82, 2.24) is 14.5 Å². The number of hydrogen-bond acceptors (Lipinski definition) is 4. The fourth-order valence-electron chi connectivity index (χ4n) is 2.88. The van der Waals surface area contributed by atoms with Crippen LogP contribution in [0.3, 0.4) is 0 Å². The number of aromatic nitrogens is 2. The van der Waals surface area contributed by atoms with Crippen LogP contribution < -0.4 is 5.73 Å². The predicted molar refractivity (Wildman–Crippen MR) is 71.6 cm³/mol. The molecular formula is C13H22N4O2. The summed E-state index contributed by atoms with van der Waals surface area (Å²) in [6, 6.07) is 0. The highest BCUT2D eigenvalue weighted by Crippen LogP contribution is 2.29. The second-order valence-corrected chi connectivity index (χ2v) is 5.09. The Hall–Kier alpha value is -1.40. The van der Waals surface area contributed by atoms with Gasteiger partial charge in [-0.25, -0.2) is 4.98 Å². The van der Waals surface area contributed by atoms with Crippen LogP contribution in [-0.2, 0) is 16.1 Å². The molecule has 1 unspecified atom stereocenters. The smallest absolute Gasteiger partial charge is 0.240 e. The van der Waals surface area contributed by atoms with E-state index in [4.69, 9.17) is 10.5 Å². The van der Waals surface area contributed by atoms with Crippen molar-refractivity contribution in [2.24, 2.45) is 5.73 Å². The molecule has 0 saturated carbocycles. The van der Waals surface area contributed by atoms with Crippen molar-refractivity contribution in [1.29, 1.82) is 0 Å². The van der Waals surface area contributed by atoms with E-state index in [1.807, 2.05) is 13.1 Å². The largest absolute Gasteiger partial charge is 0.382 e. The predicted octanol–water partition coefficient (Wildman–Crippen LogP) is 0.158. The first kappa shape index (κ1) is 14.0. The zero-order valence-electron chi connectivity index (χ0n) is 11.6. The van der Waals surface area contributed by atoms with E-state index in [2.05, 4.69) is 14.5 Å². The van der Waals surface area contributed by atoms with Crippen molar-refractivity contribution in [2.45, 2.75) is 31.8 Å². The molecule has 0 aromatic carbocycles. The standard InChI is InChI=1S/C13H22N4O2/c1-11-15-5-7-16(11)8-9-17-6-3-4-13(17,10-19-2)12(14)18/h5,7H,3-4,6,8-10H2,1-2H3,(H2,14,18). The monoisotopic (exact) mass is 266 g/mol. The molecule has 1 aromatic rings. The lowest BCUT2D eigenvalue weighted by Gasteiger charge is -2.35. The molecule has 1 amide bonds. The lowest BCUT2D eigenvalue weighted by atomic mass is 9.96. The summed E-state index contributed by atoms with van der Waals surface area (Å²) in [5, 5.41) is 0. The van der Waals surface area contributed by atoms with Crippen molar-refractivity contribution in [3.8, 4) is 0 Å². The number of aryl methyl sites for hydroxylation is 1. The number of primary amides is 1. The van der Waals surface area contributed by atoms with Crippen LogP contribution in [0, 0.1) is 6.92 Å². The Labute approximate surface area is 113 Å². The number of rotatable bonds is 6. The average molecular weight is 266 g/mol. The van der Waals surface area contributed by atoms with Crippen LogP contribution in [0.2, 0.25) is 0 Å². The number of ether oxygens (including phenoxy) is 1. The van der Waals surface area contributed by atoms with Gasteiger partial charge in [0, 0.05) is 32.6 Å². The zero-order chi connectivity index (χ0) is 13.9. The second-order valence-electron chi connectivity index (χ2n) is 5.09. The third kappa shape index (κ3) is 2.64. The van der Waals surface area contributed by atoms with Gasteiger partial charge >= 0.3 is 0 Å². The summed E-state index contributed by atoms with van der Waals surface area (Å²) in [6.45, 7) is 4.82. The maximum absolute atomic E-state index is 11.8. The molecule has 1 saturated heterocycles. The molecule has 1 fully saturated rings. The molecule has 0 spiro atoms. The number of methoxy groups -OCH3 is 1. The van der Waals surface area contributed by atoms with E-state index < -0.39 is 5.54 Å². The molecule has 106 valence electrons. The van der Waals surface area contributed by atoms with Crippen LogP contribution in [0.1, 0.15) is 18.7 Å². The van der Waals surface area contributed by atoms with Crippen molar-refractivity contribution in [2.75, 3.05) is 26.8 Å². The number of nitrogens with zero attached hydrogens (tertiary/aromatic N) is 3. The zero-order valence-corrected chi connectivity index (χ0v) is 11.6. The van der Waals surface area contributed by atoms with Crippen LogP contribution in [0.4, 0.5) is 0 Å². The first-order chi connectivity index (χ1) is 9.10. The lowest BCUT2D eigenvalue weighted by molar-refractivity contribution is -0.132. The molecule has 0 radical (unpaired) electrons. The Bertz CT molecular complexity index is 446. The van der Waals surface area contributed by atoms with E-state index in [0.29, 0.717) is 6.61 Å². The molecule has 0 aliphatic carbocycles. The van der Waals surface area contributed by atoms with Gasteiger partial charge in [0.25, 0.3) is 0 Å². The second kappa shape index (κ2) is 5.71. The number of amides is 1. The minimum absolute atomic E-state index is 0.283. The highest BCUT2D eigenvalue weighted by Gasteiger charge is 2.45. The minimum Gasteiger partial charge on any atom is -0.382 e. The highest BCUT2D eigenvalue weighted by atomic mass is 16.5. The fraction of sp³-hybridized carbons (Fsp3) is 0.692. The molecule has 1 aliphatic heterocycles. The Morgan fingerprint density at radius 1 is 1.58 bits per heavy atom. The van der Waals surface area contributed by atoms with E-state index in [9.17, 15) is 4.79 Å². The lowest BCUT2D eigenvalue weighted by Crippen LogP contribution is -2.57. The average Bonchev–Trinajstić information content (AvgIpc) is 2.95. The van der Waals surface area contributed by atoms with E-state index in [1.165, 1.54) is 0 Å². The van der Waals surface area contributed by atoms with Gasteiger partial charge in [-0.3, -0.25) is 9.69 Å².